The first-order chi connectivity index (χ1) is 6.81. The van der Waals surface area contributed by atoms with Crippen LogP contribution >= 0.6 is 0 Å². The predicted octanol–water partition coefficient (Wildman–Crippen LogP) is 1.96. The number of rotatable bonds is 2. The fourth-order valence-corrected chi connectivity index (χ4v) is 2.10. The number of hydrogen-bond donors (Lipinski definition) is 1. The number of benzene rings is 1. The van der Waals surface area contributed by atoms with Crippen LogP contribution in [0.5, 0.6) is 0 Å². The summed E-state index contributed by atoms with van der Waals surface area (Å²) in [6.45, 7) is 3.44. The predicted molar refractivity (Wildman–Crippen MR) is 58.6 cm³/mol. The van der Waals surface area contributed by atoms with Crippen molar-refractivity contribution in [3.8, 4) is 0 Å². The first-order valence-electron chi connectivity index (χ1n) is 5.25. The molecule has 0 aromatic heterocycles. The van der Waals surface area contributed by atoms with Gasteiger partial charge in [-0.3, -0.25) is 0 Å². The smallest absolute Gasteiger partial charge is 0.0635 e. The molecule has 0 unspecified atom stereocenters. The van der Waals surface area contributed by atoms with Crippen LogP contribution in [-0.4, -0.2) is 24.3 Å². The van der Waals surface area contributed by atoms with Gasteiger partial charge in [0, 0.05) is 12.2 Å². The fraction of sp³-hybridized carbons (Fsp3) is 0.500. The van der Waals surface area contributed by atoms with Crippen molar-refractivity contribution in [1.29, 1.82) is 0 Å². The van der Waals surface area contributed by atoms with E-state index in [1.807, 2.05) is 0 Å². The molecule has 1 aliphatic heterocycles. The third-order valence-corrected chi connectivity index (χ3v) is 2.95. The molecule has 1 N–H and O–H groups in total. The number of aliphatic hydroxyl groups excluding tert-OH is 1. The van der Waals surface area contributed by atoms with E-state index < -0.39 is 0 Å². The largest absolute Gasteiger partial charge is 0.394 e. The summed E-state index contributed by atoms with van der Waals surface area (Å²) in [5, 5.41) is 9.21. The highest BCUT2D eigenvalue weighted by Gasteiger charge is 2.23. The zero-order valence-electron chi connectivity index (χ0n) is 8.61. The summed E-state index contributed by atoms with van der Waals surface area (Å²) in [7, 11) is 0. The van der Waals surface area contributed by atoms with Crippen LogP contribution in [0.3, 0.4) is 0 Å². The summed E-state index contributed by atoms with van der Waals surface area (Å²) in [6.07, 6.45) is 2.31. The summed E-state index contributed by atoms with van der Waals surface area (Å²) in [6, 6.07) is 8.87. The van der Waals surface area contributed by atoms with Crippen molar-refractivity contribution in [2.75, 3.05) is 18.1 Å². The maximum absolute atomic E-state index is 9.21. The highest BCUT2D eigenvalue weighted by Crippen LogP contribution is 2.25. The van der Waals surface area contributed by atoms with Gasteiger partial charge in [0.2, 0.25) is 0 Å². The molecule has 0 radical (unpaired) electrons. The Kier molecular flexibility index (Phi) is 2.73. The minimum Gasteiger partial charge on any atom is -0.394 e. The van der Waals surface area contributed by atoms with Gasteiger partial charge in [0.1, 0.15) is 0 Å². The molecule has 1 aliphatic rings. The normalized spacial score (nSPS) is 21.6. The van der Waals surface area contributed by atoms with Crippen molar-refractivity contribution in [3.63, 3.8) is 0 Å². The highest BCUT2D eigenvalue weighted by molar-refractivity contribution is 5.49. The van der Waals surface area contributed by atoms with Gasteiger partial charge in [-0.05, 0) is 31.9 Å². The molecule has 1 aromatic carbocycles. The molecular weight excluding hydrogens is 174 g/mol. The monoisotopic (exact) mass is 191 g/mol. The molecule has 14 heavy (non-hydrogen) atoms. The van der Waals surface area contributed by atoms with E-state index in [4.69, 9.17) is 0 Å². The van der Waals surface area contributed by atoms with Crippen LogP contribution < -0.4 is 4.90 Å². The third-order valence-electron chi connectivity index (χ3n) is 2.95. The van der Waals surface area contributed by atoms with Crippen LogP contribution in [0.2, 0.25) is 0 Å². The number of aliphatic hydroxyl groups is 1. The maximum Gasteiger partial charge on any atom is 0.0635 e. The molecule has 76 valence electrons. The van der Waals surface area contributed by atoms with E-state index in [1.54, 1.807) is 0 Å². The van der Waals surface area contributed by atoms with Crippen LogP contribution in [-0.2, 0) is 0 Å². The molecule has 1 heterocycles. The van der Waals surface area contributed by atoms with Gasteiger partial charge in [-0.2, -0.15) is 0 Å². The molecule has 2 rings (SSSR count). The number of aryl methyl sites for hydroxylation is 1. The number of nitrogens with zero attached hydrogens (tertiary/aromatic N) is 1. The highest BCUT2D eigenvalue weighted by atomic mass is 16.3. The molecule has 1 saturated heterocycles. The van der Waals surface area contributed by atoms with E-state index in [1.165, 1.54) is 17.7 Å². The minimum absolute atomic E-state index is 0.272. The first kappa shape index (κ1) is 9.53. The van der Waals surface area contributed by atoms with Gasteiger partial charge in [0.25, 0.3) is 0 Å². The Morgan fingerprint density at radius 1 is 1.36 bits per heavy atom. The van der Waals surface area contributed by atoms with E-state index >= 15 is 0 Å². The topological polar surface area (TPSA) is 23.5 Å². The minimum atomic E-state index is 0.272. The van der Waals surface area contributed by atoms with E-state index in [0.717, 1.165) is 13.0 Å². The summed E-state index contributed by atoms with van der Waals surface area (Å²) in [5.41, 5.74) is 2.53. The molecule has 1 aromatic rings. The van der Waals surface area contributed by atoms with Crippen molar-refractivity contribution >= 4 is 5.69 Å². The lowest BCUT2D eigenvalue weighted by molar-refractivity contribution is 0.266. The zero-order valence-corrected chi connectivity index (χ0v) is 8.61. The zero-order chi connectivity index (χ0) is 9.97. The second kappa shape index (κ2) is 4.01. The molecular formula is C12H17NO. The van der Waals surface area contributed by atoms with Gasteiger partial charge in [-0.25, -0.2) is 0 Å². The lowest BCUT2D eigenvalue weighted by Gasteiger charge is -2.25. The van der Waals surface area contributed by atoms with Crippen molar-refractivity contribution in [3.05, 3.63) is 29.8 Å². The molecule has 0 aliphatic carbocycles. The van der Waals surface area contributed by atoms with E-state index in [9.17, 15) is 5.11 Å². The molecule has 1 fully saturated rings. The summed E-state index contributed by atoms with van der Waals surface area (Å²) in [5.74, 6) is 0. The molecule has 0 bridgehead atoms. The molecule has 1 atom stereocenters. The van der Waals surface area contributed by atoms with Crippen LogP contribution in [0.15, 0.2) is 24.3 Å². The second-order valence-electron chi connectivity index (χ2n) is 4.01. The molecule has 0 amide bonds. The summed E-state index contributed by atoms with van der Waals surface area (Å²) in [4.78, 5) is 2.30. The lowest BCUT2D eigenvalue weighted by atomic mass is 10.2. The molecule has 2 nitrogen and oxygen atoms in total. The second-order valence-corrected chi connectivity index (χ2v) is 4.01. The van der Waals surface area contributed by atoms with Crippen molar-refractivity contribution in [1.82, 2.24) is 0 Å². The maximum atomic E-state index is 9.21. The van der Waals surface area contributed by atoms with Crippen molar-refractivity contribution in [2.24, 2.45) is 0 Å². The Morgan fingerprint density at radius 2 is 2.07 bits per heavy atom. The Balaban J connectivity index is 2.17. The van der Waals surface area contributed by atoms with Gasteiger partial charge in [-0.15, -0.1) is 0 Å². The molecule has 0 saturated carbocycles. The Bertz CT molecular complexity index is 294. The van der Waals surface area contributed by atoms with Gasteiger partial charge in [0.15, 0.2) is 0 Å². The van der Waals surface area contributed by atoms with E-state index in [0.29, 0.717) is 6.04 Å². The van der Waals surface area contributed by atoms with E-state index in [-0.39, 0.29) is 6.61 Å². The average Bonchev–Trinajstić information content (AvgIpc) is 2.67. The van der Waals surface area contributed by atoms with Gasteiger partial charge in [-0.1, -0.05) is 17.7 Å². The Hall–Kier alpha value is -1.02. The summed E-state index contributed by atoms with van der Waals surface area (Å²) >= 11 is 0. The first-order valence-corrected chi connectivity index (χ1v) is 5.25. The average molecular weight is 191 g/mol. The van der Waals surface area contributed by atoms with Crippen LogP contribution in [0.4, 0.5) is 5.69 Å². The Labute approximate surface area is 85.2 Å². The third kappa shape index (κ3) is 1.75. The number of anilines is 1. The Morgan fingerprint density at radius 3 is 2.71 bits per heavy atom. The lowest BCUT2D eigenvalue weighted by Crippen LogP contribution is -2.31. The van der Waals surface area contributed by atoms with Crippen LogP contribution in [0, 0.1) is 6.92 Å². The van der Waals surface area contributed by atoms with Gasteiger partial charge < -0.3 is 10.0 Å². The molecule has 2 heteroatoms. The van der Waals surface area contributed by atoms with Gasteiger partial charge in [0.05, 0.1) is 12.6 Å². The standard InChI is InChI=1S/C12H17NO/c1-10-4-6-11(7-5-10)13-8-2-3-12(13)9-14/h4-7,12,14H,2-3,8-9H2,1H3/t12-/m0/s1. The van der Waals surface area contributed by atoms with Crippen molar-refractivity contribution in [2.45, 2.75) is 25.8 Å². The van der Waals surface area contributed by atoms with Crippen LogP contribution in [0.25, 0.3) is 0 Å². The van der Waals surface area contributed by atoms with Gasteiger partial charge >= 0.3 is 0 Å². The van der Waals surface area contributed by atoms with E-state index in [2.05, 4.69) is 36.1 Å². The SMILES string of the molecule is Cc1ccc(N2CCC[C@H]2CO)cc1. The summed E-state index contributed by atoms with van der Waals surface area (Å²) < 4.78 is 0. The number of hydrogen-bond acceptors (Lipinski definition) is 2. The fourth-order valence-electron chi connectivity index (χ4n) is 2.10. The van der Waals surface area contributed by atoms with Crippen LogP contribution in [0.1, 0.15) is 18.4 Å². The molecule has 0 spiro atoms. The van der Waals surface area contributed by atoms with Crippen molar-refractivity contribution < 1.29 is 5.11 Å². The quantitative estimate of drug-likeness (QED) is 0.772.